The second-order valence-electron chi connectivity index (χ2n) is 1.97. The molecule has 3 heteroatoms. The summed E-state index contributed by atoms with van der Waals surface area (Å²) in [5.41, 5.74) is 0. The van der Waals surface area contributed by atoms with Gasteiger partial charge in [0.2, 0.25) is 0 Å². The van der Waals surface area contributed by atoms with Gasteiger partial charge < -0.3 is 4.84 Å². The van der Waals surface area contributed by atoms with Crippen molar-refractivity contribution in [3.63, 3.8) is 0 Å². The Bertz CT molecular complexity index is 63.4. The van der Waals surface area contributed by atoms with Gasteiger partial charge >= 0.3 is 0 Å². The fourth-order valence-electron chi connectivity index (χ4n) is 0.883. The summed E-state index contributed by atoms with van der Waals surface area (Å²) in [6, 6.07) is 0. The molecule has 2 nitrogen and oxygen atoms in total. The van der Waals surface area contributed by atoms with Crippen molar-refractivity contribution in [2.75, 3.05) is 12.4 Å². The van der Waals surface area contributed by atoms with Crippen LogP contribution in [0.2, 0.25) is 0 Å². The molecule has 1 unspecified atom stereocenters. The summed E-state index contributed by atoms with van der Waals surface area (Å²) in [7, 11) is 0. The minimum Gasteiger partial charge on any atom is -0.303 e. The maximum absolute atomic E-state index is 4.89. The fourth-order valence-corrected chi connectivity index (χ4v) is 2.06. The van der Waals surface area contributed by atoms with Gasteiger partial charge in [-0.05, 0) is 18.6 Å². The Morgan fingerprint density at radius 2 is 2.62 bits per heavy atom. The van der Waals surface area contributed by atoms with Crippen LogP contribution >= 0.6 is 11.8 Å². The van der Waals surface area contributed by atoms with Gasteiger partial charge in [0.25, 0.3) is 0 Å². The van der Waals surface area contributed by atoms with Crippen LogP contribution in [0.1, 0.15) is 12.8 Å². The van der Waals surface area contributed by atoms with Gasteiger partial charge in [-0.2, -0.15) is 11.8 Å². The van der Waals surface area contributed by atoms with Crippen molar-refractivity contribution in [3.8, 4) is 0 Å². The molecule has 0 saturated carbocycles. The summed E-state index contributed by atoms with van der Waals surface area (Å²) in [6.07, 6.45) is 2.61. The van der Waals surface area contributed by atoms with E-state index in [-0.39, 0.29) is 0 Å². The standard InChI is InChI=1S/C5H11NOS/c6-7-4-5-2-1-3-8-5/h5H,1-4,6H2. The highest BCUT2D eigenvalue weighted by Crippen LogP contribution is 2.25. The van der Waals surface area contributed by atoms with Gasteiger partial charge in [-0.3, -0.25) is 0 Å². The lowest BCUT2D eigenvalue weighted by Gasteiger charge is -2.02. The molecule has 0 aromatic heterocycles. The molecule has 0 aromatic carbocycles. The van der Waals surface area contributed by atoms with E-state index < -0.39 is 0 Å². The lowest BCUT2D eigenvalue weighted by molar-refractivity contribution is 0.138. The quantitative estimate of drug-likeness (QED) is 0.565. The molecule has 0 radical (unpaired) electrons. The number of hydrogen-bond acceptors (Lipinski definition) is 3. The van der Waals surface area contributed by atoms with Gasteiger partial charge in [0.15, 0.2) is 0 Å². The van der Waals surface area contributed by atoms with Crippen LogP contribution in [0.15, 0.2) is 0 Å². The minimum atomic E-state index is 0.681. The van der Waals surface area contributed by atoms with E-state index in [2.05, 4.69) is 4.84 Å². The molecule has 1 aliphatic heterocycles. The number of hydrogen-bond donors (Lipinski definition) is 1. The van der Waals surface area contributed by atoms with Crippen molar-refractivity contribution >= 4 is 11.8 Å². The van der Waals surface area contributed by atoms with Gasteiger partial charge in [0.05, 0.1) is 6.61 Å². The molecular weight excluding hydrogens is 122 g/mol. The van der Waals surface area contributed by atoms with E-state index in [4.69, 9.17) is 5.90 Å². The number of thioether (sulfide) groups is 1. The van der Waals surface area contributed by atoms with Crippen molar-refractivity contribution < 1.29 is 4.84 Å². The van der Waals surface area contributed by atoms with E-state index in [1.807, 2.05) is 11.8 Å². The summed E-state index contributed by atoms with van der Waals surface area (Å²) in [4.78, 5) is 4.50. The molecule has 1 fully saturated rings. The second-order valence-corrected chi connectivity index (χ2v) is 3.38. The van der Waals surface area contributed by atoms with E-state index in [1.165, 1.54) is 18.6 Å². The highest BCUT2D eigenvalue weighted by atomic mass is 32.2. The van der Waals surface area contributed by atoms with Crippen LogP contribution in [0, 0.1) is 0 Å². The van der Waals surface area contributed by atoms with Crippen molar-refractivity contribution in [2.45, 2.75) is 18.1 Å². The monoisotopic (exact) mass is 133 g/mol. The van der Waals surface area contributed by atoms with E-state index >= 15 is 0 Å². The summed E-state index contributed by atoms with van der Waals surface area (Å²) in [6.45, 7) is 0.727. The molecule has 1 rings (SSSR count). The van der Waals surface area contributed by atoms with Crippen LogP contribution in [-0.4, -0.2) is 17.6 Å². The SMILES string of the molecule is NOCC1CCCS1. The van der Waals surface area contributed by atoms with Crippen LogP contribution in [-0.2, 0) is 4.84 Å². The second kappa shape index (κ2) is 3.33. The first-order valence-corrected chi connectivity index (χ1v) is 3.91. The summed E-state index contributed by atoms with van der Waals surface area (Å²) in [5.74, 6) is 6.18. The summed E-state index contributed by atoms with van der Waals surface area (Å²) < 4.78 is 0. The van der Waals surface area contributed by atoms with Gasteiger partial charge in [0, 0.05) is 5.25 Å². The third kappa shape index (κ3) is 1.65. The Kier molecular flexibility index (Phi) is 2.66. The van der Waals surface area contributed by atoms with Crippen LogP contribution in [0.4, 0.5) is 0 Å². The van der Waals surface area contributed by atoms with Gasteiger partial charge in [-0.15, -0.1) is 0 Å². The Morgan fingerprint density at radius 1 is 1.75 bits per heavy atom. The molecule has 0 amide bonds. The molecule has 1 atom stereocenters. The number of nitrogens with two attached hydrogens (primary N) is 1. The van der Waals surface area contributed by atoms with Crippen LogP contribution in [0.3, 0.4) is 0 Å². The highest BCUT2D eigenvalue weighted by Gasteiger charge is 2.14. The predicted molar refractivity (Wildman–Crippen MR) is 35.6 cm³/mol. The Balaban J connectivity index is 2.06. The normalized spacial score (nSPS) is 28.9. The maximum atomic E-state index is 4.89. The molecule has 0 bridgehead atoms. The molecule has 1 saturated heterocycles. The average molecular weight is 133 g/mol. The fraction of sp³-hybridized carbons (Fsp3) is 1.00. The van der Waals surface area contributed by atoms with E-state index in [0.29, 0.717) is 5.25 Å². The zero-order valence-corrected chi connectivity index (χ0v) is 5.62. The van der Waals surface area contributed by atoms with E-state index in [0.717, 1.165) is 6.61 Å². The lowest BCUT2D eigenvalue weighted by atomic mass is 10.3. The molecule has 1 aliphatic rings. The Labute approximate surface area is 53.7 Å². The summed E-state index contributed by atoms with van der Waals surface area (Å²) >= 11 is 1.96. The number of rotatable bonds is 2. The first kappa shape index (κ1) is 6.39. The van der Waals surface area contributed by atoms with Gasteiger partial charge in [-0.1, -0.05) is 0 Å². The van der Waals surface area contributed by atoms with Crippen molar-refractivity contribution in [1.82, 2.24) is 0 Å². The van der Waals surface area contributed by atoms with Crippen molar-refractivity contribution in [2.24, 2.45) is 5.90 Å². The molecule has 1 heterocycles. The topological polar surface area (TPSA) is 35.2 Å². The molecule has 0 aliphatic carbocycles. The highest BCUT2D eigenvalue weighted by molar-refractivity contribution is 8.00. The van der Waals surface area contributed by atoms with Crippen LogP contribution in [0.25, 0.3) is 0 Å². The Morgan fingerprint density at radius 3 is 3.12 bits per heavy atom. The first-order valence-electron chi connectivity index (χ1n) is 2.87. The molecular formula is C5H11NOS. The third-order valence-corrected chi connectivity index (χ3v) is 2.67. The molecule has 2 N–H and O–H groups in total. The zero-order valence-electron chi connectivity index (χ0n) is 4.80. The van der Waals surface area contributed by atoms with Crippen LogP contribution < -0.4 is 5.90 Å². The van der Waals surface area contributed by atoms with Gasteiger partial charge in [0.1, 0.15) is 0 Å². The van der Waals surface area contributed by atoms with Crippen LogP contribution in [0.5, 0.6) is 0 Å². The van der Waals surface area contributed by atoms with Crippen molar-refractivity contribution in [1.29, 1.82) is 0 Å². The third-order valence-electron chi connectivity index (χ3n) is 1.31. The first-order chi connectivity index (χ1) is 3.93. The van der Waals surface area contributed by atoms with E-state index in [9.17, 15) is 0 Å². The van der Waals surface area contributed by atoms with Gasteiger partial charge in [-0.25, -0.2) is 5.90 Å². The Hall–Kier alpha value is 0.270. The largest absolute Gasteiger partial charge is 0.303 e. The predicted octanol–water partition coefficient (Wildman–Crippen LogP) is 0.772. The zero-order chi connectivity index (χ0) is 5.82. The lowest BCUT2D eigenvalue weighted by Crippen LogP contribution is -2.11. The van der Waals surface area contributed by atoms with E-state index in [1.54, 1.807) is 0 Å². The molecule has 8 heavy (non-hydrogen) atoms. The average Bonchev–Trinajstić information content (AvgIpc) is 2.19. The molecule has 0 aromatic rings. The van der Waals surface area contributed by atoms with Crippen molar-refractivity contribution in [3.05, 3.63) is 0 Å². The molecule has 48 valence electrons. The maximum Gasteiger partial charge on any atom is 0.0797 e. The molecule has 0 spiro atoms. The summed E-state index contributed by atoms with van der Waals surface area (Å²) in [5, 5.41) is 0.681. The smallest absolute Gasteiger partial charge is 0.0797 e. The minimum absolute atomic E-state index is 0.681.